The third kappa shape index (κ3) is 10.6. The van der Waals surface area contributed by atoms with E-state index in [1.807, 2.05) is 86.9 Å². The Morgan fingerprint density at radius 2 is 1.16 bits per heavy atom. The molecule has 2 N–H and O–H groups in total. The van der Waals surface area contributed by atoms with Crippen molar-refractivity contribution in [1.82, 2.24) is 9.97 Å². The maximum atomic E-state index is 5.80. The number of hydrogen-bond donors (Lipinski definition) is 1. The van der Waals surface area contributed by atoms with Crippen LogP contribution in [0.2, 0.25) is 0 Å². The number of methoxy groups -OCH3 is 2. The van der Waals surface area contributed by atoms with E-state index in [-0.39, 0.29) is 21.0 Å². The molecule has 0 saturated carbocycles. The minimum absolute atomic E-state index is 0. The number of nitrogens with two attached hydrogens (primary N) is 1. The Hall–Kier alpha value is -3.78. The molecule has 0 radical (unpaired) electrons. The quantitative estimate of drug-likeness (QED) is 0.102. The van der Waals surface area contributed by atoms with E-state index in [1.54, 1.807) is 36.9 Å². The largest absolute Gasteiger partial charge is 0.466 e. The molecule has 49 heavy (non-hydrogen) atoms. The number of thiazole rings is 2. The second-order valence-electron chi connectivity index (χ2n) is 10.5. The summed E-state index contributed by atoms with van der Waals surface area (Å²) in [6, 6.07) is 23.9. The zero-order valence-electron chi connectivity index (χ0n) is 26.8. The van der Waals surface area contributed by atoms with Gasteiger partial charge in [-0.1, -0.05) is 31.7 Å². The molecule has 0 amide bonds. The SMILES string of the molecule is C.COCOc1ccc(/C=C/c2nc3ccc(N(C)C)cc3s2)cc1Br.COCOc1ccc(/C=C/c2nc3ccc(N)cc3s2)cc1Br. The number of benzene rings is 4. The van der Waals surface area contributed by atoms with Crippen LogP contribution in [0.25, 0.3) is 44.7 Å². The summed E-state index contributed by atoms with van der Waals surface area (Å²) >= 11 is 10.3. The second-order valence-corrected chi connectivity index (χ2v) is 14.4. The van der Waals surface area contributed by atoms with Crippen molar-refractivity contribution < 1.29 is 18.9 Å². The van der Waals surface area contributed by atoms with Crippen molar-refractivity contribution in [3.63, 3.8) is 0 Å². The van der Waals surface area contributed by atoms with Crippen LogP contribution >= 0.6 is 54.5 Å². The van der Waals surface area contributed by atoms with E-state index in [1.165, 1.54) is 10.4 Å². The Kier molecular flexibility index (Phi) is 14.2. The fourth-order valence-corrected chi connectivity index (χ4v) is 7.21. The molecule has 2 heterocycles. The van der Waals surface area contributed by atoms with Gasteiger partial charge in [0.1, 0.15) is 21.5 Å². The van der Waals surface area contributed by atoms with Crippen LogP contribution in [-0.2, 0) is 9.47 Å². The molecular weight excluding hydrogens is 788 g/mol. The number of rotatable bonds is 11. The predicted octanol–water partition coefficient (Wildman–Crippen LogP) is 10.7. The molecule has 4 aromatic carbocycles. The van der Waals surface area contributed by atoms with Gasteiger partial charge < -0.3 is 29.6 Å². The van der Waals surface area contributed by atoms with Crippen molar-refractivity contribution in [2.24, 2.45) is 0 Å². The van der Waals surface area contributed by atoms with Gasteiger partial charge in [-0.25, -0.2) is 9.97 Å². The first-order valence-electron chi connectivity index (χ1n) is 14.6. The molecule has 0 atom stereocenters. The van der Waals surface area contributed by atoms with Crippen LogP contribution in [0.15, 0.2) is 81.7 Å². The molecular formula is C37H38Br2N4O4S2. The minimum Gasteiger partial charge on any atom is -0.466 e. The standard InChI is InChI=1S/C19H19BrN2O2S.C17H15BrN2O2S.CH4/c1-22(2)14-6-7-16-18(11-14)25-19(21-16)9-5-13-4-8-17(15(20)10-13)24-12-23-3;1-21-10-22-15-6-2-11(8-13(15)18)3-7-17-20-14-5-4-12(19)9-16(14)23-17;/h4-11H,12H2,1-3H3;2-9H,10,19H2,1H3;1H4/b9-5+;7-3+;. The van der Waals surface area contributed by atoms with Gasteiger partial charge >= 0.3 is 0 Å². The van der Waals surface area contributed by atoms with E-state index in [0.717, 1.165) is 63.0 Å². The van der Waals surface area contributed by atoms with Crippen LogP contribution in [0, 0.1) is 0 Å². The summed E-state index contributed by atoms with van der Waals surface area (Å²) < 4.78 is 24.8. The lowest BCUT2D eigenvalue weighted by molar-refractivity contribution is 0.0504. The van der Waals surface area contributed by atoms with Crippen LogP contribution < -0.4 is 20.1 Å². The number of halogens is 2. The molecule has 2 aromatic heterocycles. The number of nitrogens with zero attached hydrogens (tertiary/aromatic N) is 3. The average Bonchev–Trinajstić information content (AvgIpc) is 3.68. The zero-order valence-corrected chi connectivity index (χ0v) is 31.6. The van der Waals surface area contributed by atoms with Gasteiger partial charge in [0, 0.05) is 39.7 Å². The maximum absolute atomic E-state index is 5.80. The first-order valence-corrected chi connectivity index (χ1v) is 17.9. The van der Waals surface area contributed by atoms with Crippen molar-refractivity contribution in [2.45, 2.75) is 7.43 Å². The first kappa shape index (κ1) is 38.0. The van der Waals surface area contributed by atoms with E-state index in [9.17, 15) is 0 Å². The number of fused-ring (bicyclic) bond motifs is 2. The molecule has 0 aliphatic carbocycles. The van der Waals surface area contributed by atoms with Crippen molar-refractivity contribution in [2.75, 3.05) is 52.5 Å². The molecule has 0 bridgehead atoms. The molecule has 0 saturated heterocycles. The Labute approximate surface area is 312 Å². The number of aromatic nitrogens is 2. The lowest BCUT2D eigenvalue weighted by Gasteiger charge is -2.11. The monoisotopic (exact) mass is 824 g/mol. The summed E-state index contributed by atoms with van der Waals surface area (Å²) in [5.74, 6) is 1.51. The van der Waals surface area contributed by atoms with Crippen molar-refractivity contribution in [3.05, 3.63) is 103 Å². The van der Waals surface area contributed by atoms with E-state index in [4.69, 9.17) is 24.7 Å². The van der Waals surface area contributed by atoms with Crippen molar-refractivity contribution in [1.29, 1.82) is 0 Å². The summed E-state index contributed by atoms with van der Waals surface area (Å²) in [6.45, 7) is 0.455. The van der Waals surface area contributed by atoms with Gasteiger partial charge in [0.15, 0.2) is 13.6 Å². The molecule has 6 rings (SSSR count). The number of nitrogen functional groups attached to an aromatic ring is 1. The third-order valence-electron chi connectivity index (χ3n) is 6.75. The van der Waals surface area contributed by atoms with E-state index in [0.29, 0.717) is 0 Å². The fourth-order valence-electron chi connectivity index (χ4n) is 4.37. The fraction of sp³-hybridized carbons (Fsp3) is 0.189. The van der Waals surface area contributed by atoms with Crippen LogP contribution in [0.4, 0.5) is 11.4 Å². The topological polar surface area (TPSA) is 92.0 Å². The molecule has 0 fully saturated rings. The lowest BCUT2D eigenvalue weighted by atomic mass is 10.2. The number of anilines is 2. The molecule has 0 aliphatic heterocycles. The molecule has 0 spiro atoms. The molecule has 6 aromatic rings. The molecule has 0 aliphatic rings. The highest BCUT2D eigenvalue weighted by Gasteiger charge is 2.06. The molecule has 8 nitrogen and oxygen atoms in total. The van der Waals surface area contributed by atoms with Gasteiger partial charge in [0.2, 0.25) is 0 Å². The second kappa shape index (κ2) is 18.3. The van der Waals surface area contributed by atoms with Gasteiger partial charge in [-0.05, 0) is 116 Å². The lowest BCUT2D eigenvalue weighted by Crippen LogP contribution is -2.07. The highest BCUT2D eigenvalue weighted by atomic mass is 79.9. The van der Waals surface area contributed by atoms with Crippen LogP contribution in [0.1, 0.15) is 28.6 Å². The smallest absolute Gasteiger partial charge is 0.188 e. The predicted molar refractivity (Wildman–Crippen MR) is 216 cm³/mol. The molecule has 256 valence electrons. The Bertz CT molecular complexity index is 2060. The van der Waals surface area contributed by atoms with Gasteiger partial charge in [-0.15, -0.1) is 22.7 Å². The highest BCUT2D eigenvalue weighted by Crippen LogP contribution is 2.31. The van der Waals surface area contributed by atoms with Gasteiger partial charge in [0.05, 0.1) is 29.4 Å². The Morgan fingerprint density at radius 1 is 0.673 bits per heavy atom. The third-order valence-corrected chi connectivity index (χ3v) is 9.95. The van der Waals surface area contributed by atoms with Crippen molar-refractivity contribution in [3.8, 4) is 11.5 Å². The highest BCUT2D eigenvalue weighted by molar-refractivity contribution is 9.11. The van der Waals surface area contributed by atoms with Gasteiger partial charge in [-0.2, -0.15) is 0 Å². The molecule has 12 heteroatoms. The summed E-state index contributed by atoms with van der Waals surface area (Å²) in [6.07, 6.45) is 8.11. The Morgan fingerprint density at radius 3 is 1.63 bits per heavy atom. The maximum Gasteiger partial charge on any atom is 0.188 e. The Balaban J connectivity index is 0.000000217. The summed E-state index contributed by atoms with van der Waals surface area (Å²) in [5.41, 5.74) is 11.9. The van der Waals surface area contributed by atoms with Crippen LogP contribution in [0.3, 0.4) is 0 Å². The summed E-state index contributed by atoms with van der Waals surface area (Å²) in [5, 5.41) is 1.93. The van der Waals surface area contributed by atoms with Gasteiger partial charge in [0.25, 0.3) is 0 Å². The van der Waals surface area contributed by atoms with Crippen molar-refractivity contribution >= 4 is 111 Å². The molecule has 0 unspecified atom stereocenters. The van der Waals surface area contributed by atoms with E-state index in [2.05, 4.69) is 71.0 Å². The first-order chi connectivity index (χ1) is 23.2. The van der Waals surface area contributed by atoms with E-state index < -0.39 is 0 Å². The summed E-state index contributed by atoms with van der Waals surface area (Å²) in [7, 11) is 7.28. The van der Waals surface area contributed by atoms with E-state index >= 15 is 0 Å². The number of ether oxygens (including phenoxy) is 4. The zero-order chi connectivity index (χ0) is 34.0. The normalized spacial score (nSPS) is 11.1. The number of hydrogen-bond acceptors (Lipinski definition) is 10. The minimum atomic E-state index is 0. The average molecular weight is 827 g/mol. The van der Waals surface area contributed by atoms with Crippen LogP contribution in [-0.4, -0.2) is 51.9 Å². The van der Waals surface area contributed by atoms with Crippen LogP contribution in [0.5, 0.6) is 11.5 Å². The summed E-state index contributed by atoms with van der Waals surface area (Å²) in [4.78, 5) is 11.3. The van der Waals surface area contributed by atoms with Gasteiger partial charge in [-0.3, -0.25) is 0 Å².